The van der Waals surface area contributed by atoms with Gasteiger partial charge in [-0.1, -0.05) is 0 Å². The molecule has 0 amide bonds. The molecule has 0 saturated heterocycles. The zero-order valence-electron chi connectivity index (χ0n) is 10.4. The van der Waals surface area contributed by atoms with E-state index in [9.17, 15) is 4.79 Å². The van der Waals surface area contributed by atoms with Crippen molar-refractivity contribution < 1.29 is 4.79 Å². The third kappa shape index (κ3) is 2.12. The molecular formula is C14H16N2OS. The van der Waals surface area contributed by atoms with Gasteiger partial charge < -0.3 is 4.98 Å². The van der Waals surface area contributed by atoms with Gasteiger partial charge >= 0.3 is 0 Å². The Morgan fingerprint density at radius 2 is 2.17 bits per heavy atom. The van der Waals surface area contributed by atoms with Crippen molar-refractivity contribution in [1.82, 2.24) is 9.97 Å². The lowest BCUT2D eigenvalue weighted by atomic mass is 9.87. The van der Waals surface area contributed by atoms with Gasteiger partial charge in [-0.15, -0.1) is 11.3 Å². The van der Waals surface area contributed by atoms with Crippen molar-refractivity contribution in [1.29, 1.82) is 0 Å². The van der Waals surface area contributed by atoms with Crippen molar-refractivity contribution in [2.24, 2.45) is 0 Å². The molecule has 4 heteroatoms. The number of H-pyrrole nitrogens is 1. The summed E-state index contributed by atoms with van der Waals surface area (Å²) in [7, 11) is 0. The first kappa shape index (κ1) is 11.7. The molecule has 2 aromatic rings. The lowest BCUT2D eigenvalue weighted by Crippen LogP contribution is -2.12. The van der Waals surface area contributed by atoms with E-state index in [0.29, 0.717) is 11.7 Å². The molecule has 1 aliphatic rings. The largest absolute Gasteiger partial charge is 0.367 e. The molecular weight excluding hydrogens is 244 g/mol. The number of nitrogens with one attached hydrogen (secondary N) is 1. The average molecular weight is 260 g/mol. The monoisotopic (exact) mass is 260 g/mol. The molecule has 1 saturated carbocycles. The number of nitrogens with zero attached hydrogens (tertiary/aromatic N) is 1. The number of hydrogen-bond donors (Lipinski definition) is 1. The van der Waals surface area contributed by atoms with Crippen molar-refractivity contribution in [3.8, 4) is 10.6 Å². The summed E-state index contributed by atoms with van der Waals surface area (Å²) < 4.78 is 0. The van der Waals surface area contributed by atoms with E-state index < -0.39 is 0 Å². The van der Waals surface area contributed by atoms with Crippen LogP contribution in [-0.2, 0) is 4.79 Å². The fourth-order valence-corrected chi connectivity index (χ4v) is 3.80. The Morgan fingerprint density at radius 1 is 1.39 bits per heavy atom. The maximum atomic E-state index is 11.3. The van der Waals surface area contributed by atoms with E-state index >= 15 is 0 Å². The molecule has 1 N–H and O–H groups in total. The summed E-state index contributed by atoms with van der Waals surface area (Å²) in [6.45, 7) is 2.08. The smallest absolute Gasteiger partial charge is 0.132 e. The highest BCUT2D eigenvalue weighted by atomic mass is 32.1. The molecule has 0 radical (unpaired) electrons. The van der Waals surface area contributed by atoms with Crippen LogP contribution in [0.5, 0.6) is 0 Å². The first-order valence-corrected chi connectivity index (χ1v) is 7.18. The standard InChI is InChI=1S/C14H16N2OS/c1-9-13(10-2-4-12(17)5-3-10)18-14(16-9)11-6-7-15-8-11/h6-8,10,15H,2-5H2,1H3. The summed E-state index contributed by atoms with van der Waals surface area (Å²) in [4.78, 5) is 20.4. The van der Waals surface area contributed by atoms with Crippen LogP contribution in [0.4, 0.5) is 0 Å². The number of ketones is 1. The van der Waals surface area contributed by atoms with Crippen molar-refractivity contribution in [3.05, 3.63) is 29.0 Å². The van der Waals surface area contributed by atoms with Gasteiger partial charge in [0.05, 0.1) is 5.69 Å². The fourth-order valence-electron chi connectivity index (χ4n) is 2.57. The van der Waals surface area contributed by atoms with Crippen molar-refractivity contribution >= 4 is 17.1 Å². The number of aromatic amines is 1. The maximum absolute atomic E-state index is 11.3. The Hall–Kier alpha value is -1.42. The summed E-state index contributed by atoms with van der Waals surface area (Å²) in [5.74, 6) is 0.951. The molecule has 0 atom stereocenters. The van der Waals surface area contributed by atoms with E-state index in [-0.39, 0.29) is 0 Å². The molecule has 2 aromatic heterocycles. The average Bonchev–Trinajstić information content (AvgIpc) is 2.99. The molecule has 0 spiro atoms. The molecule has 0 aromatic carbocycles. The molecule has 94 valence electrons. The normalized spacial score (nSPS) is 17.3. The molecule has 18 heavy (non-hydrogen) atoms. The SMILES string of the molecule is Cc1nc(-c2cc[nH]c2)sc1C1CCC(=O)CC1. The number of hydrogen-bond acceptors (Lipinski definition) is 3. The van der Waals surface area contributed by atoms with Gasteiger partial charge in [-0.05, 0) is 31.7 Å². The Balaban J connectivity index is 1.87. The second kappa shape index (κ2) is 4.69. The highest BCUT2D eigenvalue weighted by molar-refractivity contribution is 7.15. The number of Topliss-reactive ketones (excluding diaryl/α,β-unsaturated/α-hetero) is 1. The Bertz CT molecular complexity index is 546. The third-order valence-corrected chi connectivity index (χ3v) is 4.96. The number of rotatable bonds is 2. The summed E-state index contributed by atoms with van der Waals surface area (Å²) in [5.41, 5.74) is 2.29. The van der Waals surface area contributed by atoms with Crippen molar-refractivity contribution in [2.45, 2.75) is 38.5 Å². The van der Waals surface area contributed by atoms with Gasteiger partial charge in [-0.25, -0.2) is 4.98 Å². The molecule has 0 aliphatic heterocycles. The van der Waals surface area contributed by atoms with E-state index in [2.05, 4.69) is 16.9 Å². The first-order chi connectivity index (χ1) is 8.74. The molecule has 0 bridgehead atoms. The minimum atomic E-state index is 0.416. The van der Waals surface area contributed by atoms with Crippen LogP contribution in [0, 0.1) is 6.92 Å². The van der Waals surface area contributed by atoms with Crippen molar-refractivity contribution in [3.63, 3.8) is 0 Å². The highest BCUT2D eigenvalue weighted by Crippen LogP contribution is 2.39. The van der Waals surface area contributed by atoms with E-state index in [1.165, 1.54) is 4.88 Å². The Morgan fingerprint density at radius 3 is 2.83 bits per heavy atom. The quantitative estimate of drug-likeness (QED) is 0.895. The molecule has 1 fully saturated rings. The maximum Gasteiger partial charge on any atom is 0.132 e. The highest BCUT2D eigenvalue weighted by Gasteiger charge is 2.24. The van der Waals surface area contributed by atoms with Crippen LogP contribution in [0.25, 0.3) is 10.6 Å². The topological polar surface area (TPSA) is 45.8 Å². The van der Waals surface area contributed by atoms with Crippen LogP contribution < -0.4 is 0 Å². The van der Waals surface area contributed by atoms with Gasteiger partial charge in [-0.2, -0.15) is 0 Å². The van der Waals surface area contributed by atoms with Crippen LogP contribution in [0.1, 0.15) is 42.2 Å². The lowest BCUT2D eigenvalue weighted by molar-refractivity contribution is -0.120. The molecule has 0 unspecified atom stereocenters. The van der Waals surface area contributed by atoms with E-state index in [1.807, 2.05) is 18.5 Å². The predicted octanol–water partition coefficient (Wildman–Crippen LogP) is 3.67. The summed E-state index contributed by atoms with van der Waals surface area (Å²) >= 11 is 1.78. The minimum Gasteiger partial charge on any atom is -0.367 e. The van der Waals surface area contributed by atoms with Crippen LogP contribution in [0.15, 0.2) is 18.5 Å². The zero-order valence-corrected chi connectivity index (χ0v) is 11.2. The fraction of sp³-hybridized carbons (Fsp3) is 0.429. The summed E-state index contributed by atoms with van der Waals surface area (Å²) in [6.07, 6.45) is 7.36. The molecule has 1 aliphatic carbocycles. The second-order valence-corrected chi connectivity index (χ2v) is 5.91. The molecule has 2 heterocycles. The first-order valence-electron chi connectivity index (χ1n) is 6.36. The minimum absolute atomic E-state index is 0.416. The number of aromatic nitrogens is 2. The second-order valence-electron chi connectivity index (χ2n) is 4.88. The van der Waals surface area contributed by atoms with E-state index in [0.717, 1.165) is 41.9 Å². The number of carbonyl (C=O) groups is 1. The van der Waals surface area contributed by atoms with Gasteiger partial charge in [0.2, 0.25) is 0 Å². The van der Waals surface area contributed by atoms with E-state index in [1.54, 1.807) is 11.3 Å². The lowest BCUT2D eigenvalue weighted by Gasteiger charge is -2.19. The predicted molar refractivity (Wildman–Crippen MR) is 72.9 cm³/mol. The van der Waals surface area contributed by atoms with Crippen LogP contribution in [0.3, 0.4) is 0 Å². The van der Waals surface area contributed by atoms with Gasteiger partial charge in [0.1, 0.15) is 10.8 Å². The van der Waals surface area contributed by atoms with Gasteiger partial charge in [0.15, 0.2) is 0 Å². The summed E-state index contributed by atoms with van der Waals surface area (Å²) in [5, 5.41) is 1.08. The number of carbonyl (C=O) groups excluding carboxylic acids is 1. The van der Waals surface area contributed by atoms with E-state index in [4.69, 9.17) is 0 Å². The molecule has 3 rings (SSSR count). The third-order valence-electron chi connectivity index (χ3n) is 3.59. The van der Waals surface area contributed by atoms with Gasteiger partial charge in [0.25, 0.3) is 0 Å². The summed E-state index contributed by atoms with van der Waals surface area (Å²) in [6, 6.07) is 2.05. The van der Waals surface area contributed by atoms with Gasteiger partial charge in [-0.3, -0.25) is 4.79 Å². The van der Waals surface area contributed by atoms with Gasteiger partial charge in [0, 0.05) is 35.7 Å². The van der Waals surface area contributed by atoms with Crippen LogP contribution in [-0.4, -0.2) is 15.8 Å². The van der Waals surface area contributed by atoms with Crippen LogP contribution >= 0.6 is 11.3 Å². The zero-order chi connectivity index (χ0) is 12.5. The Labute approximate surface area is 110 Å². The van der Waals surface area contributed by atoms with Crippen LogP contribution in [0.2, 0.25) is 0 Å². The number of aryl methyl sites for hydroxylation is 1. The number of thiazole rings is 1. The van der Waals surface area contributed by atoms with Crippen molar-refractivity contribution in [2.75, 3.05) is 0 Å². The molecule has 3 nitrogen and oxygen atoms in total. The Kier molecular flexibility index (Phi) is 3.04.